The quantitative estimate of drug-likeness (QED) is 0.895. The van der Waals surface area contributed by atoms with E-state index in [0.29, 0.717) is 5.41 Å². The molecule has 1 aromatic rings. The van der Waals surface area contributed by atoms with E-state index in [2.05, 4.69) is 53.5 Å². The highest BCUT2D eigenvalue weighted by atomic mass is 15.2. The van der Waals surface area contributed by atoms with Crippen molar-refractivity contribution in [3.05, 3.63) is 29.8 Å². The third-order valence-electron chi connectivity index (χ3n) is 4.57. The van der Waals surface area contributed by atoms with Crippen molar-refractivity contribution in [1.29, 1.82) is 0 Å². The molecule has 2 aliphatic rings. The molecule has 2 fully saturated rings. The lowest BCUT2D eigenvalue weighted by atomic mass is 9.86. The normalized spacial score (nSPS) is 26.8. The largest absolute Gasteiger partial charge is 0.371 e. The van der Waals surface area contributed by atoms with Gasteiger partial charge in [-0.2, -0.15) is 0 Å². The van der Waals surface area contributed by atoms with Crippen molar-refractivity contribution >= 4 is 5.69 Å². The number of nitrogens with zero attached hydrogens (tertiary/aromatic N) is 2. The lowest BCUT2D eigenvalue weighted by molar-refractivity contribution is 0.369. The van der Waals surface area contributed by atoms with Crippen LogP contribution in [-0.4, -0.2) is 45.2 Å². The van der Waals surface area contributed by atoms with Crippen molar-refractivity contribution in [2.75, 3.05) is 45.2 Å². The van der Waals surface area contributed by atoms with Gasteiger partial charge in [-0.05, 0) is 51.2 Å². The predicted octanol–water partition coefficient (Wildman–Crippen LogP) is 1.94. The molecular weight excluding hydrogens is 234 g/mol. The Bertz CT molecular complexity index is 418. The number of nitrogens with one attached hydrogen (secondary N) is 1. The summed E-state index contributed by atoms with van der Waals surface area (Å²) in [5.41, 5.74) is 3.35. The minimum Gasteiger partial charge on any atom is -0.371 e. The van der Waals surface area contributed by atoms with Gasteiger partial charge in [0, 0.05) is 37.3 Å². The fourth-order valence-corrected chi connectivity index (χ4v) is 3.48. The van der Waals surface area contributed by atoms with Gasteiger partial charge in [-0.3, -0.25) is 0 Å². The van der Waals surface area contributed by atoms with Gasteiger partial charge in [0.15, 0.2) is 0 Å². The first-order chi connectivity index (χ1) is 9.17. The maximum Gasteiger partial charge on any atom is 0.0366 e. The molecule has 1 spiro atoms. The zero-order valence-corrected chi connectivity index (χ0v) is 12.2. The summed E-state index contributed by atoms with van der Waals surface area (Å²) in [5, 5.41) is 3.53. The number of anilines is 1. The monoisotopic (exact) mass is 259 g/mol. The molecule has 104 valence electrons. The van der Waals surface area contributed by atoms with E-state index in [1.165, 1.54) is 50.3 Å². The van der Waals surface area contributed by atoms with Crippen LogP contribution >= 0.6 is 0 Å². The Hall–Kier alpha value is -1.06. The van der Waals surface area contributed by atoms with Crippen LogP contribution in [0.3, 0.4) is 0 Å². The van der Waals surface area contributed by atoms with E-state index >= 15 is 0 Å². The van der Waals surface area contributed by atoms with Crippen LogP contribution in [0.5, 0.6) is 0 Å². The van der Waals surface area contributed by atoms with E-state index < -0.39 is 0 Å². The summed E-state index contributed by atoms with van der Waals surface area (Å²) in [6, 6.07) is 9.13. The molecule has 0 bridgehead atoms. The van der Waals surface area contributed by atoms with Crippen LogP contribution in [0.2, 0.25) is 0 Å². The second kappa shape index (κ2) is 5.14. The lowest BCUT2D eigenvalue weighted by Gasteiger charge is -2.24. The molecule has 1 atom stereocenters. The van der Waals surface area contributed by atoms with Crippen molar-refractivity contribution in [3.63, 3.8) is 0 Å². The first-order valence-corrected chi connectivity index (χ1v) is 7.36. The Balaban J connectivity index is 1.66. The van der Waals surface area contributed by atoms with E-state index in [-0.39, 0.29) is 0 Å². The van der Waals surface area contributed by atoms with E-state index in [1.807, 2.05) is 0 Å². The second-order valence-electron chi connectivity index (χ2n) is 6.50. The van der Waals surface area contributed by atoms with Crippen LogP contribution in [0.4, 0.5) is 5.69 Å². The summed E-state index contributed by atoms with van der Waals surface area (Å²) < 4.78 is 0. The molecule has 3 nitrogen and oxygen atoms in total. The van der Waals surface area contributed by atoms with Gasteiger partial charge in [0.05, 0.1) is 0 Å². The van der Waals surface area contributed by atoms with Crippen LogP contribution in [0.25, 0.3) is 0 Å². The van der Waals surface area contributed by atoms with Crippen LogP contribution < -0.4 is 10.2 Å². The van der Waals surface area contributed by atoms with Gasteiger partial charge >= 0.3 is 0 Å². The molecule has 3 heteroatoms. The van der Waals surface area contributed by atoms with Gasteiger partial charge in [0.2, 0.25) is 0 Å². The minimum atomic E-state index is 0.558. The fraction of sp³-hybridized carbons (Fsp3) is 0.625. The van der Waals surface area contributed by atoms with Crippen molar-refractivity contribution in [2.45, 2.75) is 19.4 Å². The lowest BCUT2D eigenvalue weighted by Crippen LogP contribution is -2.29. The van der Waals surface area contributed by atoms with Crippen molar-refractivity contribution in [1.82, 2.24) is 10.2 Å². The first-order valence-electron chi connectivity index (χ1n) is 7.36. The highest BCUT2D eigenvalue weighted by molar-refractivity contribution is 5.49. The molecule has 1 unspecified atom stereocenters. The topological polar surface area (TPSA) is 18.5 Å². The van der Waals surface area contributed by atoms with Gasteiger partial charge in [-0.15, -0.1) is 0 Å². The Morgan fingerprint density at radius 1 is 1.21 bits per heavy atom. The molecule has 0 aliphatic carbocycles. The molecule has 1 N–H and O–H groups in total. The fourth-order valence-electron chi connectivity index (χ4n) is 3.48. The van der Waals surface area contributed by atoms with Crippen LogP contribution in [0.15, 0.2) is 24.3 Å². The summed E-state index contributed by atoms with van der Waals surface area (Å²) in [4.78, 5) is 4.77. The molecule has 0 saturated carbocycles. The number of hydrogen-bond donors (Lipinski definition) is 1. The maximum atomic E-state index is 3.53. The number of hydrogen-bond acceptors (Lipinski definition) is 3. The average molecular weight is 259 g/mol. The van der Waals surface area contributed by atoms with Gasteiger partial charge in [-0.1, -0.05) is 12.1 Å². The molecule has 0 amide bonds. The summed E-state index contributed by atoms with van der Waals surface area (Å²) in [6.45, 7) is 5.88. The summed E-state index contributed by atoms with van der Waals surface area (Å²) >= 11 is 0. The maximum absolute atomic E-state index is 3.53. The van der Waals surface area contributed by atoms with Crippen molar-refractivity contribution in [2.24, 2.45) is 5.41 Å². The highest BCUT2D eigenvalue weighted by Gasteiger charge is 2.40. The van der Waals surface area contributed by atoms with Gasteiger partial charge in [0.25, 0.3) is 0 Å². The molecule has 19 heavy (non-hydrogen) atoms. The van der Waals surface area contributed by atoms with Crippen molar-refractivity contribution < 1.29 is 0 Å². The average Bonchev–Trinajstić information content (AvgIpc) is 3.01. The smallest absolute Gasteiger partial charge is 0.0366 e. The number of rotatable bonds is 3. The Labute approximate surface area is 116 Å². The van der Waals surface area contributed by atoms with Gasteiger partial charge < -0.3 is 15.1 Å². The first kappa shape index (κ1) is 12.9. The third kappa shape index (κ3) is 2.77. The van der Waals surface area contributed by atoms with Crippen molar-refractivity contribution in [3.8, 4) is 0 Å². The molecule has 2 aliphatic heterocycles. The third-order valence-corrected chi connectivity index (χ3v) is 4.57. The van der Waals surface area contributed by atoms with E-state index in [1.54, 1.807) is 0 Å². The highest BCUT2D eigenvalue weighted by Crippen LogP contribution is 2.38. The standard InChI is InChI=1S/C16H25N3/c1-18(2)11-14-3-5-15(6-4-14)19-10-8-16(13-19)7-9-17-12-16/h3-6,17H,7-13H2,1-2H3. The molecule has 0 radical (unpaired) electrons. The SMILES string of the molecule is CN(C)Cc1ccc(N2CCC3(CCNC3)C2)cc1. The van der Waals surface area contributed by atoms with Crippen LogP contribution in [0, 0.1) is 5.41 Å². The van der Waals surface area contributed by atoms with Gasteiger partial charge in [-0.25, -0.2) is 0 Å². The molecular formula is C16H25N3. The van der Waals surface area contributed by atoms with Crippen LogP contribution in [-0.2, 0) is 6.54 Å². The van der Waals surface area contributed by atoms with E-state index in [4.69, 9.17) is 0 Å². The summed E-state index contributed by atoms with van der Waals surface area (Å²) in [6.07, 6.45) is 2.70. The predicted molar refractivity (Wildman–Crippen MR) is 80.6 cm³/mol. The Morgan fingerprint density at radius 2 is 2.00 bits per heavy atom. The van der Waals surface area contributed by atoms with E-state index in [9.17, 15) is 0 Å². The zero-order valence-electron chi connectivity index (χ0n) is 12.2. The second-order valence-corrected chi connectivity index (χ2v) is 6.50. The number of benzene rings is 1. The Kier molecular flexibility index (Phi) is 3.50. The molecule has 2 saturated heterocycles. The zero-order chi connectivity index (χ0) is 13.3. The molecule has 0 aromatic heterocycles. The van der Waals surface area contributed by atoms with E-state index in [0.717, 1.165) is 6.54 Å². The molecule has 3 rings (SSSR count). The molecule has 1 aromatic carbocycles. The minimum absolute atomic E-state index is 0.558. The summed E-state index contributed by atoms with van der Waals surface area (Å²) in [7, 11) is 4.23. The molecule has 2 heterocycles. The Morgan fingerprint density at radius 3 is 2.63 bits per heavy atom. The van der Waals surface area contributed by atoms with Gasteiger partial charge in [0.1, 0.15) is 0 Å². The van der Waals surface area contributed by atoms with Crippen LogP contribution in [0.1, 0.15) is 18.4 Å². The summed E-state index contributed by atoms with van der Waals surface area (Å²) in [5.74, 6) is 0.